The molecular weight excluding hydrogens is 375 g/mol. The third-order valence-corrected chi connectivity index (χ3v) is 3.86. The van der Waals surface area contributed by atoms with Crippen molar-refractivity contribution in [3.63, 3.8) is 0 Å². The number of carbonyl (C=O) groups is 1. The van der Waals surface area contributed by atoms with Crippen LogP contribution in [0.3, 0.4) is 0 Å². The van der Waals surface area contributed by atoms with E-state index in [-0.39, 0.29) is 12.1 Å². The van der Waals surface area contributed by atoms with E-state index in [0.717, 1.165) is 15.7 Å². The third kappa shape index (κ3) is 5.72. The Balaban J connectivity index is 2.42. The van der Waals surface area contributed by atoms with Crippen molar-refractivity contribution in [3.8, 4) is 0 Å². The smallest absolute Gasteiger partial charge is 0.303 e. The number of nitro groups is 1. The number of nitrogens with zero attached hydrogens (tertiary/aromatic N) is 1. The van der Waals surface area contributed by atoms with E-state index in [4.69, 9.17) is 5.11 Å². The van der Waals surface area contributed by atoms with Crippen molar-refractivity contribution >= 4 is 39.9 Å². The summed E-state index contributed by atoms with van der Waals surface area (Å²) in [5, 5.41) is 22.5. The number of halogens is 1. The zero-order valence-electron chi connectivity index (χ0n) is 11.1. The lowest BCUT2D eigenvalue weighted by molar-refractivity contribution is -0.384. The molecule has 0 aliphatic heterocycles. The summed E-state index contributed by atoms with van der Waals surface area (Å²) in [6.07, 6.45) is 1.71. The van der Waals surface area contributed by atoms with Gasteiger partial charge in [-0.2, -0.15) is 0 Å². The van der Waals surface area contributed by atoms with E-state index in [1.807, 2.05) is 6.92 Å². The van der Waals surface area contributed by atoms with Gasteiger partial charge in [0.1, 0.15) is 0 Å². The standard InChI is InChI=1S/C13H17IN2O4/c1-9(2-5-13(17)18)6-7-15-12-4-3-10(16(19)20)8-11(12)14/h3-4,8-9,15H,2,5-7H2,1H3,(H,17,18). The maximum absolute atomic E-state index is 10.6. The summed E-state index contributed by atoms with van der Waals surface area (Å²) < 4.78 is 0.801. The monoisotopic (exact) mass is 392 g/mol. The van der Waals surface area contributed by atoms with Crippen molar-refractivity contribution in [2.24, 2.45) is 5.92 Å². The van der Waals surface area contributed by atoms with Gasteiger partial charge in [-0.25, -0.2) is 0 Å². The Labute approximate surface area is 130 Å². The first-order valence-corrected chi connectivity index (χ1v) is 7.37. The molecule has 0 heterocycles. The van der Waals surface area contributed by atoms with Gasteiger partial charge in [0.2, 0.25) is 0 Å². The van der Waals surface area contributed by atoms with Gasteiger partial charge >= 0.3 is 5.97 Å². The van der Waals surface area contributed by atoms with Crippen LogP contribution in [-0.2, 0) is 4.79 Å². The molecule has 0 saturated carbocycles. The van der Waals surface area contributed by atoms with Gasteiger partial charge < -0.3 is 10.4 Å². The largest absolute Gasteiger partial charge is 0.481 e. The lowest BCUT2D eigenvalue weighted by Crippen LogP contribution is -2.09. The number of carboxylic acids is 1. The Morgan fingerprint density at radius 1 is 1.50 bits per heavy atom. The Hall–Kier alpha value is -1.38. The SMILES string of the molecule is CC(CCNc1ccc([N+](=O)[O-])cc1I)CCC(=O)O. The van der Waals surface area contributed by atoms with Crippen molar-refractivity contribution in [1.29, 1.82) is 0 Å². The summed E-state index contributed by atoms with van der Waals surface area (Å²) in [5.74, 6) is -0.441. The minimum Gasteiger partial charge on any atom is -0.481 e. The van der Waals surface area contributed by atoms with Crippen LogP contribution < -0.4 is 5.32 Å². The van der Waals surface area contributed by atoms with Gasteiger partial charge in [0.25, 0.3) is 5.69 Å². The maximum Gasteiger partial charge on any atom is 0.303 e. The molecule has 0 fully saturated rings. The molecule has 0 saturated heterocycles. The van der Waals surface area contributed by atoms with Crippen LogP contribution in [0.4, 0.5) is 11.4 Å². The van der Waals surface area contributed by atoms with Crippen LogP contribution in [0.1, 0.15) is 26.2 Å². The molecule has 0 bridgehead atoms. The van der Waals surface area contributed by atoms with E-state index in [9.17, 15) is 14.9 Å². The van der Waals surface area contributed by atoms with E-state index in [0.29, 0.717) is 18.9 Å². The Morgan fingerprint density at radius 3 is 2.75 bits per heavy atom. The highest BCUT2D eigenvalue weighted by molar-refractivity contribution is 14.1. The van der Waals surface area contributed by atoms with Crippen LogP contribution in [-0.4, -0.2) is 22.5 Å². The fourth-order valence-electron chi connectivity index (χ4n) is 1.73. The molecule has 1 rings (SSSR count). The topological polar surface area (TPSA) is 92.5 Å². The molecule has 0 radical (unpaired) electrons. The number of benzene rings is 1. The molecule has 1 aromatic carbocycles. The number of non-ortho nitro benzene ring substituents is 1. The van der Waals surface area contributed by atoms with Gasteiger partial charge in [-0.1, -0.05) is 6.92 Å². The minimum absolute atomic E-state index is 0.0785. The zero-order chi connectivity index (χ0) is 15.1. The molecule has 1 aromatic rings. The quantitative estimate of drug-likeness (QED) is 0.401. The highest BCUT2D eigenvalue weighted by Gasteiger charge is 2.09. The molecule has 0 spiro atoms. The molecule has 1 atom stereocenters. The van der Waals surface area contributed by atoms with E-state index >= 15 is 0 Å². The molecule has 0 aliphatic carbocycles. The van der Waals surface area contributed by atoms with Crippen molar-refractivity contribution in [2.75, 3.05) is 11.9 Å². The third-order valence-electron chi connectivity index (χ3n) is 2.97. The van der Waals surface area contributed by atoms with Crippen LogP contribution in [0.25, 0.3) is 0 Å². The number of aliphatic carboxylic acids is 1. The van der Waals surface area contributed by atoms with Gasteiger partial charge in [0, 0.05) is 34.4 Å². The zero-order valence-corrected chi connectivity index (χ0v) is 13.3. The Kier molecular flexibility index (Phi) is 6.69. The molecular formula is C13H17IN2O4. The first-order valence-electron chi connectivity index (χ1n) is 6.29. The van der Waals surface area contributed by atoms with E-state index in [2.05, 4.69) is 27.9 Å². The first kappa shape index (κ1) is 16.7. The van der Waals surface area contributed by atoms with E-state index in [1.165, 1.54) is 12.1 Å². The summed E-state index contributed by atoms with van der Waals surface area (Å²) in [6.45, 7) is 2.74. The van der Waals surface area contributed by atoms with Crippen molar-refractivity contribution in [3.05, 3.63) is 31.9 Å². The summed E-state index contributed by atoms with van der Waals surface area (Å²) in [7, 11) is 0. The number of hydrogen-bond acceptors (Lipinski definition) is 4. The van der Waals surface area contributed by atoms with Crippen LogP contribution in [0.2, 0.25) is 0 Å². The Morgan fingerprint density at radius 2 is 2.20 bits per heavy atom. The maximum atomic E-state index is 10.6. The molecule has 0 aromatic heterocycles. The fraction of sp³-hybridized carbons (Fsp3) is 0.462. The number of nitro benzene ring substituents is 1. The molecule has 0 amide bonds. The van der Waals surface area contributed by atoms with Crippen molar-refractivity contribution in [2.45, 2.75) is 26.2 Å². The van der Waals surface area contributed by atoms with E-state index < -0.39 is 10.9 Å². The lowest BCUT2D eigenvalue weighted by atomic mass is 10.0. The molecule has 7 heteroatoms. The second kappa shape index (κ2) is 8.03. The van der Waals surface area contributed by atoms with Crippen LogP contribution in [0, 0.1) is 19.6 Å². The van der Waals surface area contributed by atoms with Gasteiger partial charge in [-0.05, 0) is 47.4 Å². The predicted molar refractivity (Wildman–Crippen MR) is 85.0 cm³/mol. The Bertz CT molecular complexity index is 493. The van der Waals surface area contributed by atoms with Gasteiger partial charge in [0.15, 0.2) is 0 Å². The van der Waals surface area contributed by atoms with Gasteiger partial charge in [0.05, 0.1) is 4.92 Å². The number of carboxylic acid groups (broad SMARTS) is 1. The average molecular weight is 392 g/mol. The summed E-state index contributed by atoms with van der Waals surface area (Å²) in [6, 6.07) is 4.69. The fourth-order valence-corrected chi connectivity index (χ4v) is 2.42. The van der Waals surface area contributed by atoms with Crippen molar-refractivity contribution < 1.29 is 14.8 Å². The van der Waals surface area contributed by atoms with E-state index in [1.54, 1.807) is 6.07 Å². The summed E-state index contributed by atoms with van der Waals surface area (Å²) >= 11 is 2.06. The normalized spacial score (nSPS) is 11.9. The number of rotatable bonds is 8. The molecule has 1 unspecified atom stereocenters. The van der Waals surface area contributed by atoms with Crippen LogP contribution >= 0.6 is 22.6 Å². The molecule has 20 heavy (non-hydrogen) atoms. The molecule has 110 valence electrons. The predicted octanol–water partition coefficient (Wildman–Crippen LogP) is 3.50. The molecule has 2 N–H and O–H groups in total. The number of hydrogen-bond donors (Lipinski definition) is 2. The molecule has 6 nitrogen and oxygen atoms in total. The minimum atomic E-state index is -0.769. The molecule has 0 aliphatic rings. The summed E-state index contributed by atoms with van der Waals surface area (Å²) in [4.78, 5) is 20.7. The highest BCUT2D eigenvalue weighted by Crippen LogP contribution is 2.24. The lowest BCUT2D eigenvalue weighted by Gasteiger charge is -2.12. The highest BCUT2D eigenvalue weighted by atomic mass is 127. The van der Waals surface area contributed by atoms with Crippen LogP contribution in [0.15, 0.2) is 18.2 Å². The van der Waals surface area contributed by atoms with Gasteiger partial charge in [-0.15, -0.1) is 0 Å². The number of anilines is 1. The van der Waals surface area contributed by atoms with Gasteiger partial charge in [-0.3, -0.25) is 14.9 Å². The summed E-state index contributed by atoms with van der Waals surface area (Å²) in [5.41, 5.74) is 0.941. The van der Waals surface area contributed by atoms with Crippen molar-refractivity contribution in [1.82, 2.24) is 0 Å². The van der Waals surface area contributed by atoms with Crippen LogP contribution in [0.5, 0.6) is 0 Å². The first-order chi connectivity index (χ1) is 9.40. The number of nitrogens with one attached hydrogen (secondary N) is 1. The second-order valence-electron chi connectivity index (χ2n) is 4.67. The average Bonchev–Trinajstić information content (AvgIpc) is 2.38. The second-order valence-corrected chi connectivity index (χ2v) is 5.84.